The van der Waals surface area contributed by atoms with Crippen molar-refractivity contribution in [2.45, 2.75) is 13.0 Å². The zero-order valence-electron chi connectivity index (χ0n) is 15.6. The summed E-state index contributed by atoms with van der Waals surface area (Å²) in [5.41, 5.74) is 2.44. The van der Waals surface area contributed by atoms with E-state index in [-0.39, 0.29) is 11.7 Å². The number of hydrogen-bond donors (Lipinski definition) is 2. The maximum absolute atomic E-state index is 12.9. The number of para-hydroxylation sites is 1. The first-order valence-electron chi connectivity index (χ1n) is 9.00. The summed E-state index contributed by atoms with van der Waals surface area (Å²) in [5, 5.41) is 6.06. The maximum Gasteiger partial charge on any atom is 0.253 e. The normalized spacial score (nSPS) is 10.4. The van der Waals surface area contributed by atoms with Crippen molar-refractivity contribution in [3.8, 4) is 5.75 Å². The molecule has 0 spiro atoms. The number of methoxy groups -OCH3 is 1. The summed E-state index contributed by atoms with van der Waals surface area (Å²) in [4.78, 5) is 16.6. The summed E-state index contributed by atoms with van der Waals surface area (Å²) in [5.74, 6) is 0.985. The Morgan fingerprint density at radius 3 is 2.57 bits per heavy atom. The number of carbonyl (C=O) groups excluding carboxylic acids is 1. The van der Waals surface area contributed by atoms with Crippen LogP contribution in [0.4, 0.5) is 10.2 Å². The predicted molar refractivity (Wildman–Crippen MR) is 107 cm³/mol. The van der Waals surface area contributed by atoms with Crippen LogP contribution in [0.15, 0.2) is 66.9 Å². The molecule has 0 radical (unpaired) electrons. The zero-order chi connectivity index (χ0) is 19.8. The van der Waals surface area contributed by atoms with Crippen molar-refractivity contribution < 1.29 is 13.9 Å². The molecule has 1 aromatic heterocycles. The number of aromatic nitrogens is 1. The summed E-state index contributed by atoms with van der Waals surface area (Å²) in [7, 11) is 1.60. The lowest BCUT2D eigenvalue weighted by Crippen LogP contribution is -2.23. The highest BCUT2D eigenvalue weighted by molar-refractivity contribution is 5.94. The maximum atomic E-state index is 12.9. The third-order valence-electron chi connectivity index (χ3n) is 4.29. The summed E-state index contributed by atoms with van der Waals surface area (Å²) < 4.78 is 18.2. The number of carbonyl (C=O) groups is 1. The van der Waals surface area contributed by atoms with Crippen LogP contribution in [0.3, 0.4) is 0 Å². The fraction of sp³-hybridized carbons (Fsp3) is 0.182. The first-order valence-corrected chi connectivity index (χ1v) is 9.00. The summed E-state index contributed by atoms with van der Waals surface area (Å²) in [6.07, 6.45) is 2.29. The molecule has 0 aliphatic rings. The number of hydrogen-bond acceptors (Lipinski definition) is 4. The minimum Gasteiger partial charge on any atom is -0.496 e. The molecule has 28 heavy (non-hydrogen) atoms. The van der Waals surface area contributed by atoms with E-state index in [1.165, 1.54) is 18.3 Å². The third kappa shape index (κ3) is 5.30. The van der Waals surface area contributed by atoms with Crippen LogP contribution in [0.2, 0.25) is 0 Å². The van der Waals surface area contributed by atoms with E-state index in [4.69, 9.17) is 4.74 Å². The highest BCUT2D eigenvalue weighted by Crippen LogP contribution is 2.17. The average molecular weight is 379 g/mol. The highest BCUT2D eigenvalue weighted by Gasteiger charge is 2.08. The van der Waals surface area contributed by atoms with E-state index in [2.05, 4.69) is 15.6 Å². The fourth-order valence-corrected chi connectivity index (χ4v) is 2.75. The number of halogens is 1. The van der Waals surface area contributed by atoms with Crippen LogP contribution in [0.25, 0.3) is 0 Å². The SMILES string of the molecule is COc1ccccc1CNC(=O)c1ccc(NCCc2ccc(F)cc2)nc1. The van der Waals surface area contributed by atoms with Crippen molar-refractivity contribution in [3.05, 3.63) is 89.4 Å². The predicted octanol–water partition coefficient (Wildman–Crippen LogP) is 3.81. The van der Waals surface area contributed by atoms with E-state index in [0.717, 1.165) is 23.3 Å². The molecule has 0 atom stereocenters. The van der Waals surface area contributed by atoms with E-state index in [9.17, 15) is 9.18 Å². The van der Waals surface area contributed by atoms with Crippen molar-refractivity contribution >= 4 is 11.7 Å². The molecular weight excluding hydrogens is 357 g/mol. The van der Waals surface area contributed by atoms with Gasteiger partial charge in [0.25, 0.3) is 5.91 Å². The minimum absolute atomic E-state index is 0.198. The average Bonchev–Trinajstić information content (AvgIpc) is 2.74. The second-order valence-corrected chi connectivity index (χ2v) is 6.23. The number of amides is 1. The number of pyridine rings is 1. The molecule has 6 heteroatoms. The largest absolute Gasteiger partial charge is 0.496 e. The van der Waals surface area contributed by atoms with E-state index in [0.29, 0.717) is 24.5 Å². The Morgan fingerprint density at radius 1 is 1.07 bits per heavy atom. The van der Waals surface area contributed by atoms with Gasteiger partial charge in [0, 0.05) is 24.8 Å². The Hall–Kier alpha value is -3.41. The number of ether oxygens (including phenoxy) is 1. The molecule has 0 unspecified atom stereocenters. The van der Waals surface area contributed by atoms with Gasteiger partial charge in [-0.2, -0.15) is 0 Å². The van der Waals surface area contributed by atoms with Crippen LogP contribution in [0.1, 0.15) is 21.5 Å². The van der Waals surface area contributed by atoms with Crippen LogP contribution in [0.5, 0.6) is 5.75 Å². The van der Waals surface area contributed by atoms with E-state index < -0.39 is 0 Å². The van der Waals surface area contributed by atoms with Crippen LogP contribution < -0.4 is 15.4 Å². The summed E-state index contributed by atoms with van der Waals surface area (Å²) in [6.45, 7) is 1.04. The molecule has 3 aromatic rings. The highest BCUT2D eigenvalue weighted by atomic mass is 19.1. The monoisotopic (exact) mass is 379 g/mol. The molecule has 0 aliphatic carbocycles. The van der Waals surface area contributed by atoms with E-state index >= 15 is 0 Å². The Balaban J connectivity index is 1.49. The number of rotatable bonds is 8. The van der Waals surface area contributed by atoms with Gasteiger partial charge in [0.2, 0.25) is 0 Å². The van der Waals surface area contributed by atoms with Gasteiger partial charge < -0.3 is 15.4 Å². The van der Waals surface area contributed by atoms with Gasteiger partial charge in [-0.1, -0.05) is 30.3 Å². The van der Waals surface area contributed by atoms with Gasteiger partial charge in [-0.15, -0.1) is 0 Å². The Labute approximate surface area is 163 Å². The molecule has 0 saturated heterocycles. The summed E-state index contributed by atoms with van der Waals surface area (Å²) in [6, 6.07) is 17.5. The second kappa shape index (κ2) is 9.50. The smallest absolute Gasteiger partial charge is 0.253 e. The van der Waals surface area contributed by atoms with Gasteiger partial charge in [0.05, 0.1) is 12.7 Å². The number of nitrogens with zero attached hydrogens (tertiary/aromatic N) is 1. The Morgan fingerprint density at radius 2 is 1.86 bits per heavy atom. The first kappa shape index (κ1) is 19.4. The lowest BCUT2D eigenvalue weighted by atomic mass is 10.1. The molecule has 0 fully saturated rings. The van der Waals surface area contributed by atoms with Crippen molar-refractivity contribution in [1.82, 2.24) is 10.3 Å². The van der Waals surface area contributed by atoms with Gasteiger partial charge >= 0.3 is 0 Å². The standard InChI is InChI=1S/C22H22FN3O2/c1-28-20-5-3-2-4-17(20)14-26-22(27)18-8-11-21(25-15-18)24-13-12-16-6-9-19(23)10-7-16/h2-11,15H,12-14H2,1H3,(H,24,25)(H,26,27). The lowest BCUT2D eigenvalue weighted by molar-refractivity contribution is 0.0950. The Bertz CT molecular complexity index is 912. The van der Waals surface area contributed by atoms with Crippen LogP contribution >= 0.6 is 0 Å². The van der Waals surface area contributed by atoms with Crippen molar-refractivity contribution in [2.24, 2.45) is 0 Å². The molecule has 2 aromatic carbocycles. The lowest BCUT2D eigenvalue weighted by Gasteiger charge is -2.10. The fourth-order valence-electron chi connectivity index (χ4n) is 2.75. The van der Waals surface area contributed by atoms with Gasteiger partial charge in [-0.25, -0.2) is 9.37 Å². The number of benzene rings is 2. The minimum atomic E-state index is -0.238. The number of nitrogens with one attached hydrogen (secondary N) is 2. The first-order chi connectivity index (χ1) is 13.7. The molecule has 1 amide bonds. The van der Waals surface area contributed by atoms with Gasteiger partial charge in [0.15, 0.2) is 0 Å². The number of anilines is 1. The van der Waals surface area contributed by atoms with Gasteiger partial charge in [0.1, 0.15) is 17.4 Å². The Kier molecular flexibility index (Phi) is 6.57. The molecule has 2 N–H and O–H groups in total. The van der Waals surface area contributed by atoms with Crippen molar-refractivity contribution in [1.29, 1.82) is 0 Å². The van der Waals surface area contributed by atoms with Gasteiger partial charge in [-0.05, 0) is 42.3 Å². The molecule has 144 valence electrons. The quantitative estimate of drug-likeness (QED) is 0.625. The molecule has 3 rings (SSSR count). The molecule has 5 nitrogen and oxygen atoms in total. The molecule has 1 heterocycles. The van der Waals surface area contributed by atoms with Gasteiger partial charge in [-0.3, -0.25) is 4.79 Å². The molecule has 0 bridgehead atoms. The van der Waals surface area contributed by atoms with E-state index in [1.54, 1.807) is 31.4 Å². The van der Waals surface area contributed by atoms with Crippen LogP contribution in [0, 0.1) is 5.82 Å². The molecule has 0 aliphatic heterocycles. The second-order valence-electron chi connectivity index (χ2n) is 6.23. The van der Waals surface area contributed by atoms with Crippen molar-refractivity contribution in [2.75, 3.05) is 19.0 Å². The van der Waals surface area contributed by atoms with Crippen LogP contribution in [-0.2, 0) is 13.0 Å². The topological polar surface area (TPSA) is 63.2 Å². The molecular formula is C22H22FN3O2. The zero-order valence-corrected chi connectivity index (χ0v) is 15.6. The van der Waals surface area contributed by atoms with E-state index in [1.807, 2.05) is 24.3 Å². The summed E-state index contributed by atoms with van der Waals surface area (Å²) >= 11 is 0. The third-order valence-corrected chi connectivity index (χ3v) is 4.29. The molecule has 0 saturated carbocycles. The van der Waals surface area contributed by atoms with Crippen molar-refractivity contribution in [3.63, 3.8) is 0 Å². The van der Waals surface area contributed by atoms with Crippen LogP contribution in [-0.4, -0.2) is 24.5 Å².